The summed E-state index contributed by atoms with van der Waals surface area (Å²) < 4.78 is 5.83. The van der Waals surface area contributed by atoms with Crippen LogP contribution < -0.4 is 5.32 Å². The zero-order valence-corrected chi connectivity index (χ0v) is 10.3. The second kappa shape index (κ2) is 4.17. The quantitative estimate of drug-likeness (QED) is 0.721. The molecular weight excluding hydrogens is 238 g/mol. The first-order valence-corrected chi connectivity index (χ1v) is 6.44. The first kappa shape index (κ1) is 10.7. The van der Waals surface area contributed by atoms with Gasteiger partial charge in [0.25, 0.3) is 0 Å². The Morgan fingerprint density at radius 3 is 3.05 bits per heavy atom. The van der Waals surface area contributed by atoms with Gasteiger partial charge in [-0.1, -0.05) is 24.3 Å². The minimum absolute atomic E-state index is 0.0270. The average molecular weight is 251 g/mol. The summed E-state index contributed by atoms with van der Waals surface area (Å²) in [5, 5.41) is 3.47. The van der Waals surface area contributed by atoms with E-state index < -0.39 is 0 Å². The van der Waals surface area contributed by atoms with Crippen LogP contribution in [0.2, 0.25) is 0 Å². The van der Waals surface area contributed by atoms with Gasteiger partial charge >= 0.3 is 0 Å². The highest BCUT2D eigenvalue weighted by Crippen LogP contribution is 2.29. The van der Waals surface area contributed by atoms with Crippen LogP contribution in [0.3, 0.4) is 0 Å². The summed E-state index contributed by atoms with van der Waals surface area (Å²) in [7, 11) is 0. The number of nitrogens with one attached hydrogen (secondary N) is 1. The Morgan fingerprint density at radius 2 is 2.11 bits per heavy atom. The summed E-state index contributed by atoms with van der Waals surface area (Å²) in [4.78, 5) is 8.72. The molecular formula is C15H13N3O. The monoisotopic (exact) mass is 251 g/mol. The number of hydrogen-bond acceptors (Lipinski definition) is 4. The smallest absolute Gasteiger partial charge is 0.218 e. The molecule has 0 aliphatic carbocycles. The average Bonchev–Trinajstić information content (AvgIpc) is 2.90. The molecule has 1 N–H and O–H groups in total. The zero-order chi connectivity index (χ0) is 12.7. The highest BCUT2D eigenvalue weighted by molar-refractivity contribution is 5.67. The normalized spacial score (nSPS) is 18.4. The van der Waals surface area contributed by atoms with Gasteiger partial charge in [-0.2, -0.15) is 4.98 Å². The van der Waals surface area contributed by atoms with Gasteiger partial charge in [-0.15, -0.1) is 0 Å². The third kappa shape index (κ3) is 1.72. The SMILES string of the molecule is c1ccc2c(c1)CCNC2c1nc2ncccc2o1. The first-order valence-electron chi connectivity index (χ1n) is 6.44. The van der Waals surface area contributed by atoms with Crippen LogP contribution in [0.5, 0.6) is 0 Å². The van der Waals surface area contributed by atoms with Crippen molar-refractivity contribution < 1.29 is 4.42 Å². The van der Waals surface area contributed by atoms with Crippen molar-refractivity contribution in [2.24, 2.45) is 0 Å². The molecule has 1 unspecified atom stereocenters. The lowest BCUT2D eigenvalue weighted by Crippen LogP contribution is -2.30. The molecule has 19 heavy (non-hydrogen) atoms. The van der Waals surface area contributed by atoms with Gasteiger partial charge in [0.2, 0.25) is 5.89 Å². The van der Waals surface area contributed by atoms with E-state index in [-0.39, 0.29) is 6.04 Å². The van der Waals surface area contributed by atoms with Gasteiger partial charge in [0.1, 0.15) is 6.04 Å². The lowest BCUT2D eigenvalue weighted by Gasteiger charge is -2.24. The van der Waals surface area contributed by atoms with E-state index in [0.29, 0.717) is 11.5 Å². The van der Waals surface area contributed by atoms with Crippen molar-refractivity contribution in [3.8, 4) is 0 Å². The molecule has 3 heterocycles. The van der Waals surface area contributed by atoms with Gasteiger partial charge in [-0.25, -0.2) is 4.98 Å². The number of nitrogens with zero attached hydrogens (tertiary/aromatic N) is 2. The van der Waals surface area contributed by atoms with Crippen LogP contribution in [-0.4, -0.2) is 16.5 Å². The van der Waals surface area contributed by atoms with Crippen molar-refractivity contribution in [1.29, 1.82) is 0 Å². The summed E-state index contributed by atoms with van der Waals surface area (Å²) in [5.41, 5.74) is 4.02. The van der Waals surface area contributed by atoms with Crippen molar-refractivity contribution >= 4 is 11.2 Å². The van der Waals surface area contributed by atoms with E-state index in [2.05, 4.69) is 39.6 Å². The van der Waals surface area contributed by atoms with Gasteiger partial charge in [-0.05, 0) is 29.7 Å². The van der Waals surface area contributed by atoms with Crippen LogP contribution in [0.25, 0.3) is 11.2 Å². The van der Waals surface area contributed by atoms with Gasteiger partial charge in [0.05, 0.1) is 0 Å². The molecule has 1 aromatic carbocycles. The van der Waals surface area contributed by atoms with Crippen molar-refractivity contribution in [1.82, 2.24) is 15.3 Å². The highest BCUT2D eigenvalue weighted by Gasteiger charge is 2.25. The Labute approximate surface area is 110 Å². The van der Waals surface area contributed by atoms with Crippen LogP contribution in [0.1, 0.15) is 23.1 Å². The van der Waals surface area contributed by atoms with E-state index in [1.54, 1.807) is 6.20 Å². The van der Waals surface area contributed by atoms with Crippen molar-refractivity contribution in [3.63, 3.8) is 0 Å². The second-order valence-electron chi connectivity index (χ2n) is 4.71. The Kier molecular flexibility index (Phi) is 2.35. The Hall–Kier alpha value is -2.20. The maximum atomic E-state index is 5.83. The molecule has 0 bridgehead atoms. The lowest BCUT2D eigenvalue weighted by molar-refractivity contribution is 0.439. The first-order chi connectivity index (χ1) is 9.42. The number of hydrogen-bond donors (Lipinski definition) is 1. The molecule has 1 aliphatic heterocycles. The molecule has 4 rings (SSSR count). The van der Waals surface area contributed by atoms with Crippen molar-refractivity contribution in [3.05, 3.63) is 59.6 Å². The molecule has 3 aromatic rings. The fraction of sp³-hybridized carbons (Fsp3) is 0.200. The Morgan fingerprint density at radius 1 is 1.16 bits per heavy atom. The van der Waals surface area contributed by atoms with Gasteiger partial charge in [0, 0.05) is 12.7 Å². The number of pyridine rings is 1. The molecule has 94 valence electrons. The van der Waals surface area contributed by atoms with Crippen molar-refractivity contribution in [2.45, 2.75) is 12.5 Å². The molecule has 0 fully saturated rings. The number of fused-ring (bicyclic) bond motifs is 2. The van der Waals surface area contributed by atoms with Crippen molar-refractivity contribution in [2.75, 3.05) is 6.54 Å². The van der Waals surface area contributed by atoms with Crippen LogP contribution in [0.15, 0.2) is 47.0 Å². The van der Waals surface area contributed by atoms with Crippen LogP contribution >= 0.6 is 0 Å². The summed E-state index contributed by atoms with van der Waals surface area (Å²) in [5.74, 6) is 0.695. The molecule has 4 heteroatoms. The fourth-order valence-corrected chi connectivity index (χ4v) is 2.63. The van der Waals surface area contributed by atoms with E-state index in [1.807, 2.05) is 12.1 Å². The minimum atomic E-state index is 0.0270. The summed E-state index contributed by atoms with van der Waals surface area (Å²) in [6.07, 6.45) is 2.78. The number of benzene rings is 1. The Balaban J connectivity index is 1.85. The molecule has 0 amide bonds. The van der Waals surface area contributed by atoms with E-state index in [9.17, 15) is 0 Å². The maximum Gasteiger partial charge on any atom is 0.218 e. The molecule has 0 spiro atoms. The largest absolute Gasteiger partial charge is 0.437 e. The van der Waals surface area contributed by atoms with Gasteiger partial charge < -0.3 is 9.73 Å². The van der Waals surface area contributed by atoms with E-state index in [4.69, 9.17) is 4.42 Å². The predicted molar refractivity (Wildman–Crippen MR) is 71.8 cm³/mol. The zero-order valence-electron chi connectivity index (χ0n) is 10.3. The van der Waals surface area contributed by atoms with Crippen LogP contribution in [0, 0.1) is 0 Å². The Bertz CT molecular complexity index is 702. The second-order valence-corrected chi connectivity index (χ2v) is 4.71. The summed E-state index contributed by atoms with van der Waals surface area (Å²) in [6, 6.07) is 12.2. The molecule has 0 saturated carbocycles. The third-order valence-electron chi connectivity index (χ3n) is 3.54. The molecule has 2 aromatic heterocycles. The number of rotatable bonds is 1. The topological polar surface area (TPSA) is 51.0 Å². The fourth-order valence-electron chi connectivity index (χ4n) is 2.63. The molecule has 0 radical (unpaired) electrons. The summed E-state index contributed by atoms with van der Waals surface area (Å²) >= 11 is 0. The lowest BCUT2D eigenvalue weighted by atomic mass is 9.94. The highest BCUT2D eigenvalue weighted by atomic mass is 16.3. The van der Waals surface area contributed by atoms with Crippen LogP contribution in [0.4, 0.5) is 0 Å². The predicted octanol–water partition coefficient (Wildman–Crippen LogP) is 2.46. The van der Waals surface area contributed by atoms with E-state index in [0.717, 1.165) is 18.5 Å². The molecule has 0 saturated heterocycles. The molecule has 1 atom stereocenters. The van der Waals surface area contributed by atoms with Gasteiger partial charge in [-0.3, -0.25) is 0 Å². The molecule has 1 aliphatic rings. The molecule has 4 nitrogen and oxygen atoms in total. The number of aromatic nitrogens is 2. The van der Waals surface area contributed by atoms with E-state index in [1.165, 1.54) is 11.1 Å². The van der Waals surface area contributed by atoms with E-state index >= 15 is 0 Å². The third-order valence-corrected chi connectivity index (χ3v) is 3.54. The maximum absolute atomic E-state index is 5.83. The summed E-state index contributed by atoms with van der Waals surface area (Å²) in [6.45, 7) is 0.938. The van der Waals surface area contributed by atoms with Crippen LogP contribution in [-0.2, 0) is 6.42 Å². The number of oxazole rings is 1. The van der Waals surface area contributed by atoms with Gasteiger partial charge in [0.15, 0.2) is 11.2 Å². The minimum Gasteiger partial charge on any atom is -0.437 e. The standard InChI is InChI=1S/C15H13N3O/c1-2-5-11-10(4-1)7-9-16-13(11)15-18-14-12(19-15)6-3-8-17-14/h1-6,8,13,16H,7,9H2.